The minimum atomic E-state index is -0.430. The van der Waals surface area contributed by atoms with E-state index in [-0.39, 0.29) is 12.1 Å². The summed E-state index contributed by atoms with van der Waals surface area (Å²) in [5.41, 5.74) is 2.21. The average Bonchev–Trinajstić information content (AvgIpc) is 3.40. The second kappa shape index (κ2) is 11.2. The number of methoxy groups -OCH3 is 1. The molecule has 0 aliphatic carbocycles. The molecule has 0 saturated carbocycles. The number of fused-ring (bicyclic) bond motifs is 1. The van der Waals surface area contributed by atoms with Gasteiger partial charge in [0.05, 0.1) is 54.9 Å². The number of carbonyl (C=O) groups is 1. The summed E-state index contributed by atoms with van der Waals surface area (Å²) in [4.78, 5) is 39.7. The van der Waals surface area contributed by atoms with E-state index in [1.807, 2.05) is 30.3 Å². The van der Waals surface area contributed by atoms with E-state index in [1.165, 1.54) is 12.4 Å². The Morgan fingerprint density at radius 2 is 2.03 bits per heavy atom. The number of carbonyl (C=O) groups excluding carboxylic acids is 1. The Labute approximate surface area is 224 Å². The number of pyridine rings is 1. The second-order valence-electron chi connectivity index (χ2n) is 8.79. The maximum Gasteiger partial charge on any atom is 0.341 e. The standard InChI is InChI=1S/C26H29N7O4S/c1-5-36-24(34)18-12-28-25(29-13-18)32(3)16(2)21-10-19-22(38-21)14-30-26(31-19)33-8-9-37-20(15-33)17-6-7-23(35-4)27-11-17/h6-7,10-14,16,20H,5,8-9,15H2,1-4H3. The van der Waals surface area contributed by atoms with Crippen molar-refractivity contribution in [1.29, 1.82) is 0 Å². The molecule has 1 aliphatic rings. The summed E-state index contributed by atoms with van der Waals surface area (Å²) in [6, 6.07) is 5.89. The minimum absolute atomic E-state index is 0.0126. The number of esters is 1. The van der Waals surface area contributed by atoms with E-state index in [0.29, 0.717) is 49.6 Å². The zero-order valence-electron chi connectivity index (χ0n) is 21.7. The number of rotatable bonds is 8. The largest absolute Gasteiger partial charge is 0.481 e. The predicted molar refractivity (Wildman–Crippen MR) is 144 cm³/mol. The molecule has 5 rings (SSSR count). The molecule has 1 fully saturated rings. The van der Waals surface area contributed by atoms with Crippen LogP contribution in [-0.2, 0) is 9.47 Å². The van der Waals surface area contributed by atoms with Crippen LogP contribution in [0.3, 0.4) is 0 Å². The molecule has 0 bridgehead atoms. The van der Waals surface area contributed by atoms with Gasteiger partial charge in [-0.2, -0.15) is 0 Å². The zero-order chi connectivity index (χ0) is 26.6. The highest BCUT2D eigenvalue weighted by Crippen LogP contribution is 2.33. The highest BCUT2D eigenvalue weighted by Gasteiger charge is 2.25. The van der Waals surface area contributed by atoms with Gasteiger partial charge in [-0.05, 0) is 26.0 Å². The number of morpholine rings is 1. The number of aromatic nitrogens is 5. The Hall–Kier alpha value is -3.90. The van der Waals surface area contributed by atoms with Crippen molar-refractivity contribution in [2.24, 2.45) is 0 Å². The van der Waals surface area contributed by atoms with Crippen molar-refractivity contribution in [3.63, 3.8) is 0 Å². The normalized spacial score (nSPS) is 16.3. The number of anilines is 2. The molecule has 0 N–H and O–H groups in total. The van der Waals surface area contributed by atoms with Crippen molar-refractivity contribution in [3.8, 4) is 5.88 Å². The molecule has 198 valence electrons. The van der Waals surface area contributed by atoms with Crippen LogP contribution in [0.1, 0.15) is 46.8 Å². The lowest BCUT2D eigenvalue weighted by Crippen LogP contribution is -2.39. The van der Waals surface area contributed by atoms with Gasteiger partial charge in [-0.15, -0.1) is 11.3 Å². The number of ether oxygens (including phenoxy) is 3. The first-order valence-electron chi connectivity index (χ1n) is 12.3. The summed E-state index contributed by atoms with van der Waals surface area (Å²) >= 11 is 1.64. The van der Waals surface area contributed by atoms with E-state index in [1.54, 1.807) is 31.6 Å². The first-order valence-corrected chi connectivity index (χ1v) is 13.1. The monoisotopic (exact) mass is 535 g/mol. The van der Waals surface area contributed by atoms with Crippen molar-refractivity contribution >= 4 is 39.4 Å². The van der Waals surface area contributed by atoms with Gasteiger partial charge < -0.3 is 24.0 Å². The molecule has 38 heavy (non-hydrogen) atoms. The molecule has 0 spiro atoms. The van der Waals surface area contributed by atoms with Gasteiger partial charge >= 0.3 is 5.97 Å². The van der Waals surface area contributed by atoms with Crippen molar-refractivity contribution in [2.45, 2.75) is 26.0 Å². The van der Waals surface area contributed by atoms with E-state index in [4.69, 9.17) is 19.2 Å². The molecule has 12 heteroatoms. The molecule has 1 saturated heterocycles. The first-order chi connectivity index (χ1) is 18.5. The molecule has 0 amide bonds. The van der Waals surface area contributed by atoms with Gasteiger partial charge in [-0.1, -0.05) is 0 Å². The Kier molecular flexibility index (Phi) is 7.61. The van der Waals surface area contributed by atoms with Crippen LogP contribution in [0, 0.1) is 0 Å². The molecule has 4 aromatic rings. The fourth-order valence-corrected chi connectivity index (χ4v) is 5.20. The van der Waals surface area contributed by atoms with Crippen LogP contribution in [0.15, 0.2) is 43.0 Å². The molecule has 11 nitrogen and oxygen atoms in total. The highest BCUT2D eigenvalue weighted by atomic mass is 32.1. The summed E-state index contributed by atoms with van der Waals surface area (Å²) in [6.45, 7) is 6.07. The third-order valence-electron chi connectivity index (χ3n) is 6.42. The molecule has 1 aliphatic heterocycles. The Bertz CT molecular complexity index is 1400. The summed E-state index contributed by atoms with van der Waals surface area (Å²) < 4.78 is 17.2. The van der Waals surface area contributed by atoms with Crippen LogP contribution in [0.2, 0.25) is 0 Å². The molecule has 0 radical (unpaired) electrons. The van der Waals surface area contributed by atoms with Crippen molar-refractivity contribution in [3.05, 3.63) is 59.0 Å². The summed E-state index contributed by atoms with van der Waals surface area (Å²) in [7, 11) is 3.52. The maximum absolute atomic E-state index is 11.9. The van der Waals surface area contributed by atoms with E-state index >= 15 is 0 Å². The van der Waals surface area contributed by atoms with Crippen LogP contribution < -0.4 is 14.5 Å². The number of thiophene rings is 1. The maximum atomic E-state index is 11.9. The van der Waals surface area contributed by atoms with Gasteiger partial charge in [0, 0.05) is 48.7 Å². The molecule has 2 unspecified atom stereocenters. The highest BCUT2D eigenvalue weighted by molar-refractivity contribution is 7.19. The Balaban J connectivity index is 1.30. The van der Waals surface area contributed by atoms with Gasteiger partial charge in [0.15, 0.2) is 0 Å². The smallest absolute Gasteiger partial charge is 0.341 e. The van der Waals surface area contributed by atoms with E-state index in [0.717, 1.165) is 20.7 Å². The van der Waals surface area contributed by atoms with Crippen molar-refractivity contribution < 1.29 is 19.0 Å². The topological polar surface area (TPSA) is 116 Å². The number of hydrogen-bond acceptors (Lipinski definition) is 12. The van der Waals surface area contributed by atoms with Gasteiger partial charge in [-0.25, -0.2) is 29.7 Å². The third-order valence-corrected chi connectivity index (χ3v) is 7.65. The van der Waals surface area contributed by atoms with Crippen LogP contribution in [0.4, 0.5) is 11.9 Å². The first kappa shape index (κ1) is 25.7. The molecular formula is C26H29N7O4S. The van der Waals surface area contributed by atoms with Crippen LogP contribution in [-0.4, -0.2) is 71.3 Å². The molecule has 5 heterocycles. The summed E-state index contributed by atoms with van der Waals surface area (Å²) in [5.74, 6) is 1.34. The Morgan fingerprint density at radius 1 is 1.21 bits per heavy atom. The predicted octanol–water partition coefficient (Wildman–Crippen LogP) is 3.84. The molecular weight excluding hydrogens is 506 g/mol. The van der Waals surface area contributed by atoms with Crippen LogP contribution >= 0.6 is 11.3 Å². The van der Waals surface area contributed by atoms with E-state index < -0.39 is 5.97 Å². The molecule has 4 aromatic heterocycles. The second-order valence-corrected chi connectivity index (χ2v) is 9.90. The van der Waals surface area contributed by atoms with Gasteiger partial charge in [0.25, 0.3) is 0 Å². The fraction of sp³-hybridized carbons (Fsp3) is 0.385. The quantitative estimate of drug-likeness (QED) is 0.306. The van der Waals surface area contributed by atoms with Gasteiger partial charge in [0.1, 0.15) is 6.10 Å². The van der Waals surface area contributed by atoms with Crippen LogP contribution in [0.25, 0.3) is 10.2 Å². The van der Waals surface area contributed by atoms with Gasteiger partial charge in [-0.3, -0.25) is 0 Å². The zero-order valence-corrected chi connectivity index (χ0v) is 22.5. The Morgan fingerprint density at radius 3 is 2.74 bits per heavy atom. The lowest BCUT2D eigenvalue weighted by Gasteiger charge is -2.33. The average molecular weight is 536 g/mol. The molecule has 0 aromatic carbocycles. The SMILES string of the molecule is CCOC(=O)c1cnc(N(C)C(C)c2cc3nc(N4CCOC(c5ccc(OC)nc5)C4)ncc3s2)nc1. The van der Waals surface area contributed by atoms with Crippen molar-refractivity contribution in [2.75, 3.05) is 50.3 Å². The summed E-state index contributed by atoms with van der Waals surface area (Å²) in [6.07, 6.45) is 6.52. The number of nitrogens with zero attached hydrogens (tertiary/aromatic N) is 7. The lowest BCUT2D eigenvalue weighted by atomic mass is 10.1. The third kappa shape index (κ3) is 5.36. The minimum Gasteiger partial charge on any atom is -0.481 e. The number of hydrogen-bond donors (Lipinski definition) is 0. The van der Waals surface area contributed by atoms with Crippen LogP contribution in [0.5, 0.6) is 5.88 Å². The van der Waals surface area contributed by atoms with E-state index in [9.17, 15) is 4.79 Å². The van der Waals surface area contributed by atoms with E-state index in [2.05, 4.69) is 37.8 Å². The lowest BCUT2D eigenvalue weighted by molar-refractivity contribution is 0.0390. The molecule has 2 atom stereocenters. The fourth-order valence-electron chi connectivity index (χ4n) is 4.13. The summed E-state index contributed by atoms with van der Waals surface area (Å²) in [5, 5.41) is 0. The van der Waals surface area contributed by atoms with Crippen molar-refractivity contribution in [1.82, 2.24) is 24.9 Å². The van der Waals surface area contributed by atoms with Gasteiger partial charge in [0.2, 0.25) is 17.8 Å².